The number of benzene rings is 7. The van der Waals surface area contributed by atoms with E-state index in [1.807, 2.05) is 11.8 Å². The zero-order valence-electron chi connectivity index (χ0n) is 24.4. The van der Waals surface area contributed by atoms with E-state index in [2.05, 4.69) is 168 Å². The Morgan fingerprint density at radius 3 is 1.84 bits per heavy atom. The average molecular weight is 590 g/mol. The van der Waals surface area contributed by atoms with Crippen LogP contribution in [0.25, 0.3) is 49.7 Å². The van der Waals surface area contributed by atoms with Gasteiger partial charge in [-0.15, -0.1) is 0 Å². The highest BCUT2D eigenvalue weighted by Gasteiger charge is 2.50. The zero-order valence-corrected chi connectivity index (χ0v) is 25.3. The van der Waals surface area contributed by atoms with Gasteiger partial charge in [-0.2, -0.15) is 0 Å². The van der Waals surface area contributed by atoms with Gasteiger partial charge >= 0.3 is 0 Å². The van der Waals surface area contributed by atoms with Gasteiger partial charge in [0.1, 0.15) is 0 Å². The van der Waals surface area contributed by atoms with Gasteiger partial charge in [0, 0.05) is 26.3 Å². The number of hydrogen-bond donors (Lipinski definition) is 0. The Morgan fingerprint density at radius 1 is 0.400 bits per heavy atom. The van der Waals surface area contributed by atoms with Crippen molar-refractivity contribution in [2.45, 2.75) is 15.2 Å². The lowest BCUT2D eigenvalue weighted by Crippen LogP contribution is -2.31. The van der Waals surface area contributed by atoms with Gasteiger partial charge in [-0.05, 0) is 87.0 Å². The minimum atomic E-state index is -0.397. The summed E-state index contributed by atoms with van der Waals surface area (Å²) in [5.41, 5.74) is 13.8. The molecule has 1 spiro atoms. The van der Waals surface area contributed by atoms with Crippen LogP contribution in [0.15, 0.2) is 174 Å². The molecule has 8 aromatic rings. The van der Waals surface area contributed by atoms with E-state index >= 15 is 0 Å². The Bertz CT molecular complexity index is 2420. The van der Waals surface area contributed by atoms with Gasteiger partial charge in [0.2, 0.25) is 0 Å². The van der Waals surface area contributed by atoms with Crippen LogP contribution in [-0.2, 0) is 5.41 Å². The van der Waals surface area contributed by atoms with Crippen LogP contribution in [-0.4, -0.2) is 4.57 Å². The van der Waals surface area contributed by atoms with E-state index in [1.54, 1.807) is 0 Å². The maximum Gasteiger partial charge on any atom is 0.0736 e. The lowest BCUT2D eigenvalue weighted by Gasteiger charge is -2.39. The molecule has 0 saturated carbocycles. The molecule has 210 valence electrons. The SMILES string of the molecule is c1ccc(-c2cccc(-n3c4ccccc4c4cc5c(cc43)C3(c4ccccc4Sc4ccccc43)c3ccccc3-5)c2)cc1. The van der Waals surface area contributed by atoms with Gasteiger partial charge < -0.3 is 4.57 Å². The standard InChI is InChI=1S/C43H27NS/c1-2-13-28(14-3-1)29-15-12-16-30(25-29)44-39-22-9-5-18-32(39)34-26-33-31-17-4-6-19-35(31)43(38(33)27-40(34)44)36-20-7-10-23-41(36)45-42-24-11-8-21-37(42)43/h1-27H. The molecule has 0 N–H and O–H groups in total. The van der Waals surface area contributed by atoms with Crippen molar-refractivity contribution in [1.29, 1.82) is 0 Å². The largest absolute Gasteiger partial charge is 0.309 e. The highest BCUT2D eigenvalue weighted by Crippen LogP contribution is 2.62. The average Bonchev–Trinajstić information content (AvgIpc) is 3.58. The summed E-state index contributed by atoms with van der Waals surface area (Å²) in [6.07, 6.45) is 0. The summed E-state index contributed by atoms with van der Waals surface area (Å²) in [5.74, 6) is 0. The van der Waals surface area contributed by atoms with Crippen LogP contribution in [0.3, 0.4) is 0 Å². The minimum absolute atomic E-state index is 0.397. The molecule has 0 atom stereocenters. The molecule has 0 unspecified atom stereocenters. The maximum absolute atomic E-state index is 2.52. The molecular formula is C43H27NS. The summed E-state index contributed by atoms with van der Waals surface area (Å²) < 4.78 is 2.48. The number of nitrogens with zero attached hydrogens (tertiary/aromatic N) is 1. The third-order valence-electron chi connectivity index (χ3n) is 9.85. The first-order chi connectivity index (χ1) is 22.3. The Morgan fingerprint density at radius 2 is 1.04 bits per heavy atom. The van der Waals surface area contributed by atoms with Crippen LogP contribution < -0.4 is 0 Å². The fraction of sp³-hybridized carbons (Fsp3) is 0.0233. The topological polar surface area (TPSA) is 4.93 Å². The molecule has 2 aliphatic rings. The molecule has 1 aliphatic carbocycles. The summed E-state index contributed by atoms with van der Waals surface area (Å²) in [4.78, 5) is 2.66. The smallest absolute Gasteiger partial charge is 0.0736 e. The second-order valence-corrected chi connectivity index (χ2v) is 13.2. The van der Waals surface area contributed by atoms with Crippen LogP contribution in [0.2, 0.25) is 0 Å². The van der Waals surface area contributed by atoms with E-state index in [0.717, 1.165) is 0 Å². The van der Waals surface area contributed by atoms with Crippen LogP contribution in [0.4, 0.5) is 0 Å². The van der Waals surface area contributed by atoms with Crippen molar-refractivity contribution in [2.24, 2.45) is 0 Å². The number of para-hydroxylation sites is 1. The molecule has 0 bridgehead atoms. The van der Waals surface area contributed by atoms with Crippen LogP contribution >= 0.6 is 11.8 Å². The molecule has 7 aromatic carbocycles. The predicted molar refractivity (Wildman–Crippen MR) is 188 cm³/mol. The first kappa shape index (κ1) is 25.1. The van der Waals surface area contributed by atoms with Gasteiger partial charge in [0.15, 0.2) is 0 Å². The van der Waals surface area contributed by atoms with Gasteiger partial charge in [0.05, 0.1) is 16.4 Å². The fourth-order valence-electron chi connectivity index (χ4n) is 8.05. The molecule has 10 rings (SSSR count). The van der Waals surface area contributed by atoms with Crippen LogP contribution in [0.1, 0.15) is 22.3 Å². The lowest BCUT2D eigenvalue weighted by atomic mass is 9.67. The van der Waals surface area contributed by atoms with Crippen molar-refractivity contribution in [1.82, 2.24) is 4.57 Å². The molecule has 0 fully saturated rings. The second kappa shape index (κ2) is 9.34. The van der Waals surface area contributed by atoms with Gasteiger partial charge in [-0.25, -0.2) is 0 Å². The molecule has 0 radical (unpaired) electrons. The van der Waals surface area contributed by atoms with E-state index in [4.69, 9.17) is 0 Å². The predicted octanol–water partition coefficient (Wildman–Crippen LogP) is 11.3. The maximum atomic E-state index is 2.52. The van der Waals surface area contributed by atoms with E-state index < -0.39 is 5.41 Å². The van der Waals surface area contributed by atoms with Gasteiger partial charge in [-0.1, -0.05) is 133 Å². The molecule has 1 aliphatic heterocycles. The van der Waals surface area contributed by atoms with Crippen molar-refractivity contribution >= 4 is 33.6 Å². The molecule has 0 saturated heterocycles. The third kappa shape index (κ3) is 3.35. The molecule has 0 amide bonds. The highest BCUT2D eigenvalue weighted by molar-refractivity contribution is 7.99. The van der Waals surface area contributed by atoms with Gasteiger partial charge in [-0.3, -0.25) is 0 Å². The molecule has 2 heterocycles. The summed E-state index contributed by atoms with van der Waals surface area (Å²) in [5, 5.41) is 2.56. The van der Waals surface area contributed by atoms with Crippen molar-refractivity contribution in [3.8, 4) is 27.9 Å². The number of hydrogen-bond acceptors (Lipinski definition) is 1. The van der Waals surface area contributed by atoms with Crippen molar-refractivity contribution < 1.29 is 0 Å². The molecular weight excluding hydrogens is 563 g/mol. The van der Waals surface area contributed by atoms with E-state index in [9.17, 15) is 0 Å². The number of aromatic nitrogens is 1. The molecule has 1 aromatic heterocycles. The van der Waals surface area contributed by atoms with E-state index in [-0.39, 0.29) is 0 Å². The number of fused-ring (bicyclic) bond motifs is 12. The minimum Gasteiger partial charge on any atom is -0.309 e. The fourth-order valence-corrected chi connectivity index (χ4v) is 9.24. The Kier molecular flexibility index (Phi) is 5.20. The third-order valence-corrected chi connectivity index (χ3v) is 11.0. The summed E-state index contributed by atoms with van der Waals surface area (Å²) in [6.45, 7) is 0. The molecule has 1 nitrogen and oxygen atoms in total. The highest BCUT2D eigenvalue weighted by atomic mass is 32.2. The Hall–Kier alpha value is -5.31. The van der Waals surface area contributed by atoms with E-state index in [0.29, 0.717) is 0 Å². The van der Waals surface area contributed by atoms with Crippen molar-refractivity contribution in [3.05, 3.63) is 186 Å². The van der Waals surface area contributed by atoms with E-state index in [1.165, 1.54) is 81.8 Å². The Labute approximate surface area is 266 Å². The van der Waals surface area contributed by atoms with Crippen LogP contribution in [0, 0.1) is 0 Å². The van der Waals surface area contributed by atoms with Crippen LogP contribution in [0.5, 0.6) is 0 Å². The zero-order chi connectivity index (χ0) is 29.5. The molecule has 2 heteroatoms. The quantitative estimate of drug-likeness (QED) is 0.194. The van der Waals surface area contributed by atoms with Crippen molar-refractivity contribution in [3.63, 3.8) is 0 Å². The Balaban J connectivity index is 1.35. The van der Waals surface area contributed by atoms with Gasteiger partial charge in [0.25, 0.3) is 0 Å². The molecule has 45 heavy (non-hydrogen) atoms. The first-order valence-electron chi connectivity index (χ1n) is 15.5. The normalized spacial score (nSPS) is 13.9. The second-order valence-electron chi connectivity index (χ2n) is 12.1. The summed E-state index contributed by atoms with van der Waals surface area (Å²) >= 11 is 1.89. The first-order valence-corrected chi connectivity index (χ1v) is 16.3. The van der Waals surface area contributed by atoms with Crippen molar-refractivity contribution in [2.75, 3.05) is 0 Å². The summed E-state index contributed by atoms with van der Waals surface area (Å²) in [6, 6.07) is 60.7. The lowest BCUT2D eigenvalue weighted by molar-refractivity contribution is 0.723. The summed E-state index contributed by atoms with van der Waals surface area (Å²) in [7, 11) is 0. The monoisotopic (exact) mass is 589 g/mol. The number of rotatable bonds is 2.